The van der Waals surface area contributed by atoms with E-state index in [1.165, 1.54) is 28.9 Å². The lowest BCUT2D eigenvalue weighted by Crippen LogP contribution is -2.49. The van der Waals surface area contributed by atoms with Crippen molar-refractivity contribution in [3.8, 4) is 17.2 Å². The molecule has 2 amide bonds. The van der Waals surface area contributed by atoms with Crippen LogP contribution in [-0.4, -0.2) is 60.7 Å². The monoisotopic (exact) mass is 478 g/mol. The van der Waals surface area contributed by atoms with Crippen molar-refractivity contribution in [1.82, 2.24) is 35.2 Å². The predicted octanol–water partition coefficient (Wildman–Crippen LogP) is 3.35. The number of likely N-dealkylation sites (tertiary alicyclic amines) is 1. The SMILES string of the molecule is Cn1nnnc1NC(=O)N1CCC2(CC1)CC(c1noc(-c3ccc(OC(F)(F)F)cc3)n1)C2. The van der Waals surface area contributed by atoms with Crippen LogP contribution in [0.2, 0.25) is 0 Å². The number of ether oxygens (including phenoxy) is 1. The Labute approximate surface area is 191 Å². The average Bonchev–Trinajstić information content (AvgIpc) is 3.41. The molecular formula is C20H21F3N8O3. The summed E-state index contributed by atoms with van der Waals surface area (Å²) in [4.78, 5) is 18.7. The summed E-state index contributed by atoms with van der Waals surface area (Å²) >= 11 is 0. The zero-order valence-corrected chi connectivity index (χ0v) is 18.1. The highest BCUT2D eigenvalue weighted by Gasteiger charge is 2.48. The summed E-state index contributed by atoms with van der Waals surface area (Å²) in [6, 6.07) is 5.07. The molecule has 2 fully saturated rings. The van der Waals surface area contributed by atoms with Gasteiger partial charge in [-0.05, 0) is 65.8 Å². The summed E-state index contributed by atoms with van der Waals surface area (Å²) in [5.41, 5.74) is 0.658. The Hall–Kier alpha value is -3.71. The number of aryl methyl sites for hydroxylation is 1. The van der Waals surface area contributed by atoms with Crippen molar-refractivity contribution in [2.75, 3.05) is 18.4 Å². The van der Waals surface area contributed by atoms with Gasteiger partial charge in [0.25, 0.3) is 11.8 Å². The van der Waals surface area contributed by atoms with Gasteiger partial charge in [0.15, 0.2) is 5.82 Å². The number of aromatic nitrogens is 6. The maximum absolute atomic E-state index is 12.5. The van der Waals surface area contributed by atoms with Gasteiger partial charge in [-0.2, -0.15) is 4.98 Å². The van der Waals surface area contributed by atoms with Crippen LogP contribution in [0, 0.1) is 5.41 Å². The zero-order valence-electron chi connectivity index (χ0n) is 18.1. The molecule has 0 atom stereocenters. The molecular weight excluding hydrogens is 457 g/mol. The molecule has 1 aliphatic carbocycles. The maximum atomic E-state index is 12.5. The smallest absolute Gasteiger partial charge is 0.406 e. The minimum absolute atomic E-state index is 0.144. The largest absolute Gasteiger partial charge is 0.573 e. The second-order valence-corrected chi connectivity index (χ2v) is 8.68. The first-order chi connectivity index (χ1) is 16.2. The molecule has 1 aromatic carbocycles. The Bertz CT molecular complexity index is 1160. The number of hydrogen-bond donors (Lipinski definition) is 1. The summed E-state index contributed by atoms with van der Waals surface area (Å²) in [6.45, 7) is 1.27. The highest BCUT2D eigenvalue weighted by Crippen LogP contribution is 2.56. The van der Waals surface area contributed by atoms with Gasteiger partial charge in [0.1, 0.15) is 5.75 Å². The van der Waals surface area contributed by atoms with Gasteiger partial charge in [0, 0.05) is 31.6 Å². The second-order valence-electron chi connectivity index (χ2n) is 8.68. The van der Waals surface area contributed by atoms with Gasteiger partial charge < -0.3 is 14.2 Å². The van der Waals surface area contributed by atoms with Crippen LogP contribution >= 0.6 is 0 Å². The number of tetrazole rings is 1. The standard InChI is InChI=1S/C20H21F3N8O3/c1-30-17(26-28-29-30)25-18(32)31-8-6-19(7-9-31)10-13(11-19)15-24-16(34-27-15)12-2-4-14(5-3-12)33-20(21,22)23/h2-5,13H,6-11H2,1H3,(H,25,26,29,32). The molecule has 1 saturated heterocycles. The highest BCUT2D eigenvalue weighted by atomic mass is 19.4. The van der Waals surface area contributed by atoms with Gasteiger partial charge in [-0.1, -0.05) is 10.3 Å². The van der Waals surface area contributed by atoms with Crippen molar-refractivity contribution >= 4 is 12.0 Å². The van der Waals surface area contributed by atoms with E-state index in [-0.39, 0.29) is 29.0 Å². The van der Waals surface area contributed by atoms with Crippen LogP contribution in [0.3, 0.4) is 0 Å². The van der Waals surface area contributed by atoms with Crippen molar-refractivity contribution in [2.45, 2.75) is 38.0 Å². The first-order valence-corrected chi connectivity index (χ1v) is 10.7. The fraction of sp³-hybridized carbons (Fsp3) is 0.500. The van der Waals surface area contributed by atoms with Gasteiger partial charge >= 0.3 is 12.4 Å². The summed E-state index contributed by atoms with van der Waals surface area (Å²) in [6.07, 6.45) is -1.20. The van der Waals surface area contributed by atoms with E-state index in [0.29, 0.717) is 30.4 Å². The quantitative estimate of drug-likeness (QED) is 0.606. The summed E-state index contributed by atoms with van der Waals surface area (Å²) < 4.78 is 47.5. The van der Waals surface area contributed by atoms with Gasteiger partial charge in [0.2, 0.25) is 0 Å². The second kappa shape index (κ2) is 8.25. The molecule has 14 heteroatoms. The summed E-state index contributed by atoms with van der Waals surface area (Å²) in [7, 11) is 1.65. The number of nitrogens with one attached hydrogen (secondary N) is 1. The molecule has 2 aliphatic rings. The molecule has 0 radical (unpaired) electrons. The van der Waals surface area contributed by atoms with Crippen molar-refractivity contribution < 1.29 is 27.2 Å². The highest BCUT2D eigenvalue weighted by molar-refractivity contribution is 5.87. The van der Waals surface area contributed by atoms with E-state index in [0.717, 1.165) is 25.7 Å². The number of piperidine rings is 1. The van der Waals surface area contributed by atoms with Crippen LogP contribution in [0.4, 0.5) is 23.9 Å². The fourth-order valence-electron chi connectivity index (χ4n) is 4.59. The number of carbonyl (C=O) groups excluding carboxylic acids is 1. The van der Waals surface area contributed by atoms with E-state index >= 15 is 0 Å². The summed E-state index contributed by atoms with van der Waals surface area (Å²) in [5, 5.41) is 17.7. The van der Waals surface area contributed by atoms with Crippen molar-refractivity contribution in [1.29, 1.82) is 0 Å². The summed E-state index contributed by atoms with van der Waals surface area (Å²) in [5.74, 6) is 0.968. The van der Waals surface area contributed by atoms with Crippen LogP contribution < -0.4 is 10.1 Å². The molecule has 0 unspecified atom stereocenters. The molecule has 34 heavy (non-hydrogen) atoms. The number of carbonyl (C=O) groups is 1. The van der Waals surface area contributed by atoms with Crippen LogP contribution in [-0.2, 0) is 7.05 Å². The number of halogens is 3. The molecule has 0 bridgehead atoms. The zero-order chi connectivity index (χ0) is 23.9. The van der Waals surface area contributed by atoms with Gasteiger partial charge in [0.05, 0.1) is 0 Å². The lowest BCUT2D eigenvalue weighted by Gasteiger charge is -2.51. The molecule has 1 spiro atoms. The molecule has 1 saturated carbocycles. The molecule has 2 aromatic heterocycles. The molecule has 1 aliphatic heterocycles. The third-order valence-electron chi connectivity index (χ3n) is 6.45. The number of amides is 2. The minimum atomic E-state index is -4.74. The topological polar surface area (TPSA) is 124 Å². The normalized spacial score (nSPS) is 18.1. The van der Waals surface area contributed by atoms with E-state index in [2.05, 4.69) is 35.7 Å². The van der Waals surface area contributed by atoms with Gasteiger partial charge in [-0.15, -0.1) is 13.2 Å². The number of urea groups is 1. The van der Waals surface area contributed by atoms with Crippen molar-refractivity contribution in [3.05, 3.63) is 30.1 Å². The Kier molecular flexibility index (Phi) is 5.37. The molecule has 5 rings (SSSR count). The van der Waals surface area contributed by atoms with Crippen molar-refractivity contribution in [3.63, 3.8) is 0 Å². The Morgan fingerprint density at radius 3 is 2.53 bits per heavy atom. The predicted molar refractivity (Wildman–Crippen MR) is 109 cm³/mol. The number of benzene rings is 1. The average molecular weight is 478 g/mol. The first kappa shape index (κ1) is 22.1. The van der Waals surface area contributed by atoms with Crippen LogP contribution in [0.15, 0.2) is 28.8 Å². The number of hydrogen-bond acceptors (Lipinski definition) is 8. The van der Waals surface area contributed by atoms with Gasteiger partial charge in [-0.25, -0.2) is 9.48 Å². The lowest BCUT2D eigenvalue weighted by atomic mass is 9.57. The van der Waals surface area contributed by atoms with E-state index in [1.807, 2.05) is 0 Å². The third-order valence-corrected chi connectivity index (χ3v) is 6.45. The first-order valence-electron chi connectivity index (χ1n) is 10.7. The Morgan fingerprint density at radius 1 is 1.21 bits per heavy atom. The van der Waals surface area contributed by atoms with Crippen molar-refractivity contribution in [2.24, 2.45) is 12.5 Å². The molecule has 1 N–H and O–H groups in total. The Balaban J connectivity index is 1.13. The van der Waals surface area contributed by atoms with Crippen LogP contribution in [0.1, 0.15) is 37.4 Å². The van der Waals surface area contributed by atoms with Crippen LogP contribution in [0.25, 0.3) is 11.5 Å². The Morgan fingerprint density at radius 2 is 1.91 bits per heavy atom. The fourth-order valence-corrected chi connectivity index (χ4v) is 4.59. The third kappa shape index (κ3) is 4.52. The van der Waals surface area contributed by atoms with E-state index in [9.17, 15) is 18.0 Å². The number of anilines is 1. The molecule has 11 nitrogen and oxygen atoms in total. The minimum Gasteiger partial charge on any atom is -0.406 e. The molecule has 180 valence electrons. The number of alkyl halides is 3. The van der Waals surface area contributed by atoms with E-state index < -0.39 is 6.36 Å². The molecule has 3 aromatic rings. The maximum Gasteiger partial charge on any atom is 0.573 e. The number of nitrogens with zero attached hydrogens (tertiary/aromatic N) is 7. The lowest BCUT2D eigenvalue weighted by molar-refractivity contribution is -0.274. The molecule has 3 heterocycles. The number of rotatable bonds is 4. The van der Waals surface area contributed by atoms with Crippen LogP contribution in [0.5, 0.6) is 5.75 Å². The van der Waals surface area contributed by atoms with E-state index in [1.54, 1.807) is 11.9 Å². The van der Waals surface area contributed by atoms with E-state index in [4.69, 9.17) is 4.52 Å². The van der Waals surface area contributed by atoms with Gasteiger partial charge in [-0.3, -0.25) is 5.32 Å².